The van der Waals surface area contributed by atoms with Crippen LogP contribution in [-0.4, -0.2) is 49.8 Å². The number of amides is 1. The molecule has 1 amide bonds. The molecule has 3 rings (SSSR count). The number of sulfonamides is 1. The number of pyridine rings is 1. The van der Waals surface area contributed by atoms with Crippen LogP contribution in [0.25, 0.3) is 0 Å². The molecule has 25 heavy (non-hydrogen) atoms. The Morgan fingerprint density at radius 1 is 1.16 bits per heavy atom. The first-order valence-electron chi connectivity index (χ1n) is 7.95. The lowest BCUT2D eigenvalue weighted by Gasteiger charge is -2.35. The van der Waals surface area contributed by atoms with Gasteiger partial charge < -0.3 is 10.2 Å². The summed E-state index contributed by atoms with van der Waals surface area (Å²) >= 11 is 1.21. The fraction of sp³-hybridized carbons (Fsp3) is 0.375. The van der Waals surface area contributed by atoms with Crippen molar-refractivity contribution in [1.82, 2.24) is 14.6 Å². The van der Waals surface area contributed by atoms with E-state index in [4.69, 9.17) is 0 Å². The van der Waals surface area contributed by atoms with E-state index in [2.05, 4.69) is 15.2 Å². The molecule has 0 unspecified atom stereocenters. The molecule has 3 heterocycles. The van der Waals surface area contributed by atoms with Gasteiger partial charge in [0.15, 0.2) is 0 Å². The summed E-state index contributed by atoms with van der Waals surface area (Å²) in [5, 5.41) is 2.68. The van der Waals surface area contributed by atoms with Crippen LogP contribution in [0, 0.1) is 0 Å². The predicted octanol–water partition coefficient (Wildman–Crippen LogP) is 1.29. The lowest BCUT2D eigenvalue weighted by molar-refractivity contribution is -0.119. The van der Waals surface area contributed by atoms with E-state index in [1.165, 1.54) is 22.6 Å². The first-order chi connectivity index (χ1) is 12.0. The van der Waals surface area contributed by atoms with Crippen LogP contribution in [-0.2, 0) is 21.4 Å². The highest BCUT2D eigenvalue weighted by Crippen LogP contribution is 2.26. The number of hydrogen-bond acceptors (Lipinski definition) is 6. The Kier molecular flexibility index (Phi) is 5.36. The minimum atomic E-state index is -3.49. The van der Waals surface area contributed by atoms with Crippen LogP contribution in [0.1, 0.15) is 11.8 Å². The van der Waals surface area contributed by atoms with Gasteiger partial charge in [-0.25, -0.2) is 8.42 Å². The molecule has 2 aromatic heterocycles. The minimum absolute atomic E-state index is 0.134. The van der Waals surface area contributed by atoms with Gasteiger partial charge in [0, 0.05) is 56.1 Å². The van der Waals surface area contributed by atoms with Crippen molar-refractivity contribution in [3.8, 4) is 0 Å². The molecule has 134 valence electrons. The van der Waals surface area contributed by atoms with Crippen molar-refractivity contribution in [2.24, 2.45) is 0 Å². The van der Waals surface area contributed by atoms with E-state index in [1.54, 1.807) is 24.5 Å². The molecular formula is C16H20N4O3S2. The fourth-order valence-corrected chi connectivity index (χ4v) is 5.54. The van der Waals surface area contributed by atoms with Gasteiger partial charge in [-0.3, -0.25) is 9.78 Å². The molecular weight excluding hydrogens is 360 g/mol. The minimum Gasteiger partial charge on any atom is -0.369 e. The van der Waals surface area contributed by atoms with Crippen molar-refractivity contribution in [3.63, 3.8) is 0 Å². The third-order valence-electron chi connectivity index (χ3n) is 4.01. The molecule has 1 aliphatic rings. The van der Waals surface area contributed by atoms with E-state index >= 15 is 0 Å². The maximum Gasteiger partial charge on any atom is 0.252 e. The zero-order valence-corrected chi connectivity index (χ0v) is 15.5. The number of anilines is 1. The molecule has 1 fully saturated rings. The highest BCUT2D eigenvalue weighted by molar-refractivity contribution is 7.91. The maximum atomic E-state index is 12.8. The Hall–Kier alpha value is -1.97. The van der Waals surface area contributed by atoms with Gasteiger partial charge in [0.2, 0.25) is 5.91 Å². The van der Waals surface area contributed by atoms with Crippen LogP contribution in [0.3, 0.4) is 0 Å². The Bertz CT molecular complexity index is 828. The molecule has 0 aromatic carbocycles. The van der Waals surface area contributed by atoms with E-state index in [-0.39, 0.29) is 5.91 Å². The molecule has 0 aliphatic carbocycles. The maximum absolute atomic E-state index is 12.8. The lowest BCUT2D eigenvalue weighted by Crippen LogP contribution is -2.48. The van der Waals surface area contributed by atoms with Crippen molar-refractivity contribution in [3.05, 3.63) is 41.5 Å². The first kappa shape index (κ1) is 17.8. The number of aromatic nitrogens is 1. The third kappa shape index (κ3) is 4.17. The Morgan fingerprint density at radius 3 is 2.48 bits per heavy atom. The number of carbonyl (C=O) groups excluding carboxylic acids is 1. The Balaban J connectivity index is 1.65. The van der Waals surface area contributed by atoms with Crippen LogP contribution >= 0.6 is 11.3 Å². The second-order valence-electron chi connectivity index (χ2n) is 5.73. The van der Waals surface area contributed by atoms with Gasteiger partial charge in [0.1, 0.15) is 4.21 Å². The summed E-state index contributed by atoms with van der Waals surface area (Å²) in [7, 11) is -3.49. The van der Waals surface area contributed by atoms with Crippen molar-refractivity contribution >= 4 is 33.0 Å². The van der Waals surface area contributed by atoms with Crippen LogP contribution in [0.4, 0.5) is 5.69 Å². The van der Waals surface area contributed by atoms with Gasteiger partial charge >= 0.3 is 0 Å². The van der Waals surface area contributed by atoms with E-state index in [0.717, 1.165) is 10.6 Å². The van der Waals surface area contributed by atoms with E-state index < -0.39 is 10.0 Å². The topological polar surface area (TPSA) is 82.6 Å². The molecule has 0 spiro atoms. The molecule has 1 aliphatic heterocycles. The molecule has 0 radical (unpaired) electrons. The SMILES string of the molecule is CC(=O)NCc1ccc(S(=O)(=O)N2CCN(c3ccncc3)CC2)s1. The van der Waals surface area contributed by atoms with Crippen molar-refractivity contribution < 1.29 is 13.2 Å². The predicted molar refractivity (Wildman–Crippen MR) is 97.0 cm³/mol. The van der Waals surface area contributed by atoms with Gasteiger partial charge in [-0.05, 0) is 24.3 Å². The molecule has 9 heteroatoms. The average Bonchev–Trinajstić information content (AvgIpc) is 3.11. The quantitative estimate of drug-likeness (QED) is 0.845. The van der Waals surface area contributed by atoms with E-state index in [1.807, 2.05) is 12.1 Å². The van der Waals surface area contributed by atoms with E-state index in [9.17, 15) is 13.2 Å². The summed E-state index contributed by atoms with van der Waals surface area (Å²) < 4.78 is 27.5. The summed E-state index contributed by atoms with van der Waals surface area (Å²) in [6.07, 6.45) is 3.47. The number of nitrogens with one attached hydrogen (secondary N) is 1. The molecule has 0 atom stereocenters. The number of hydrogen-bond donors (Lipinski definition) is 1. The Morgan fingerprint density at radius 2 is 1.84 bits per heavy atom. The second kappa shape index (κ2) is 7.51. The van der Waals surface area contributed by atoms with Gasteiger partial charge in [-0.15, -0.1) is 11.3 Å². The zero-order valence-electron chi connectivity index (χ0n) is 13.9. The molecule has 0 saturated carbocycles. The highest BCUT2D eigenvalue weighted by Gasteiger charge is 2.29. The fourth-order valence-electron chi connectivity index (χ4n) is 2.67. The van der Waals surface area contributed by atoms with Crippen LogP contribution in [0.15, 0.2) is 40.9 Å². The molecule has 1 N–H and O–H groups in total. The van der Waals surface area contributed by atoms with Gasteiger partial charge in [0.25, 0.3) is 10.0 Å². The highest BCUT2D eigenvalue weighted by atomic mass is 32.2. The summed E-state index contributed by atoms with van der Waals surface area (Å²) in [6, 6.07) is 7.22. The lowest BCUT2D eigenvalue weighted by atomic mass is 10.3. The van der Waals surface area contributed by atoms with Crippen LogP contribution < -0.4 is 10.2 Å². The standard InChI is InChI=1S/C16H20N4O3S2/c1-13(21)18-12-15-2-3-16(24-15)25(22,23)20-10-8-19(9-11-20)14-4-6-17-7-5-14/h2-7H,8-12H2,1H3,(H,18,21). The van der Waals surface area contributed by atoms with Crippen LogP contribution in [0.5, 0.6) is 0 Å². The van der Waals surface area contributed by atoms with Gasteiger partial charge in [-0.2, -0.15) is 4.31 Å². The molecule has 1 saturated heterocycles. The Labute approximate surface area is 151 Å². The number of nitrogens with zero attached hydrogens (tertiary/aromatic N) is 3. The molecule has 7 nitrogen and oxygen atoms in total. The van der Waals surface area contributed by atoms with Crippen molar-refractivity contribution in [1.29, 1.82) is 0 Å². The summed E-state index contributed by atoms with van der Waals surface area (Å²) in [4.78, 5) is 18.0. The number of carbonyl (C=O) groups is 1. The van der Waals surface area contributed by atoms with Crippen LogP contribution in [0.2, 0.25) is 0 Å². The zero-order chi connectivity index (χ0) is 17.9. The normalized spacial score (nSPS) is 16.0. The third-order valence-corrected chi connectivity index (χ3v) is 7.46. The monoisotopic (exact) mass is 380 g/mol. The largest absolute Gasteiger partial charge is 0.369 e. The van der Waals surface area contributed by atoms with Gasteiger partial charge in [0.05, 0.1) is 6.54 Å². The van der Waals surface area contributed by atoms with Crippen molar-refractivity contribution in [2.45, 2.75) is 17.7 Å². The molecule has 0 bridgehead atoms. The second-order valence-corrected chi connectivity index (χ2v) is 9.06. The van der Waals surface area contributed by atoms with E-state index in [0.29, 0.717) is 36.9 Å². The first-order valence-corrected chi connectivity index (χ1v) is 10.2. The number of piperazine rings is 1. The smallest absolute Gasteiger partial charge is 0.252 e. The summed E-state index contributed by atoms with van der Waals surface area (Å²) in [5.74, 6) is -0.134. The summed E-state index contributed by atoms with van der Waals surface area (Å²) in [5.41, 5.74) is 1.06. The number of thiophene rings is 1. The molecule has 2 aromatic rings. The summed E-state index contributed by atoms with van der Waals surface area (Å²) in [6.45, 7) is 3.98. The van der Waals surface area contributed by atoms with Gasteiger partial charge in [-0.1, -0.05) is 0 Å². The number of rotatable bonds is 5. The average molecular weight is 380 g/mol. The van der Waals surface area contributed by atoms with Crippen molar-refractivity contribution in [2.75, 3.05) is 31.1 Å².